The number of rotatable bonds is 5. The lowest BCUT2D eigenvalue weighted by Gasteiger charge is -2.16. The smallest absolute Gasteiger partial charge is 0.223 e. The van der Waals surface area contributed by atoms with E-state index in [0.717, 1.165) is 13.0 Å². The van der Waals surface area contributed by atoms with E-state index >= 15 is 0 Å². The number of hydrogen-bond donors (Lipinski definition) is 1. The lowest BCUT2D eigenvalue weighted by Crippen LogP contribution is -2.30. The predicted octanol–water partition coefficient (Wildman–Crippen LogP) is 2.19. The molecule has 0 saturated heterocycles. The van der Waals surface area contributed by atoms with Crippen LogP contribution in [0.2, 0.25) is 0 Å². The minimum absolute atomic E-state index is 0.114. The van der Waals surface area contributed by atoms with E-state index in [9.17, 15) is 4.79 Å². The van der Waals surface area contributed by atoms with Gasteiger partial charge in [0.05, 0.1) is 0 Å². The van der Waals surface area contributed by atoms with E-state index in [2.05, 4.69) is 30.3 Å². The quantitative estimate of drug-likeness (QED) is 0.891. The third-order valence-corrected chi connectivity index (χ3v) is 3.33. The second-order valence-electron chi connectivity index (χ2n) is 4.79. The second-order valence-corrected chi connectivity index (χ2v) is 4.79. The average Bonchev–Trinajstić information content (AvgIpc) is 2.44. The summed E-state index contributed by atoms with van der Waals surface area (Å²) in [4.78, 5) is 13.4. The van der Waals surface area contributed by atoms with Gasteiger partial charge < -0.3 is 10.6 Å². The number of amides is 1. The van der Waals surface area contributed by atoms with Crippen molar-refractivity contribution in [2.45, 2.75) is 12.8 Å². The fourth-order valence-electron chi connectivity index (χ4n) is 2.13. The average molecular weight is 256 g/mol. The van der Waals surface area contributed by atoms with Gasteiger partial charge in [0.1, 0.15) is 0 Å². The molecule has 19 heavy (non-hydrogen) atoms. The number of nitrogens with zero attached hydrogens (tertiary/aromatic N) is 1. The van der Waals surface area contributed by atoms with E-state index < -0.39 is 0 Å². The summed E-state index contributed by atoms with van der Waals surface area (Å²) in [6.07, 6.45) is 1.30. The highest BCUT2D eigenvalue weighted by atomic mass is 16.2. The molecule has 0 spiro atoms. The fourth-order valence-corrected chi connectivity index (χ4v) is 2.13. The molecule has 0 atom stereocenters. The normalized spacial score (nSPS) is 10.6. The van der Waals surface area contributed by atoms with Crippen LogP contribution in [0.25, 0.3) is 10.8 Å². The Kier molecular flexibility index (Phi) is 4.53. The van der Waals surface area contributed by atoms with Gasteiger partial charge >= 0.3 is 0 Å². The number of nitrogens with two attached hydrogens (primary N) is 1. The molecule has 3 heteroatoms. The van der Waals surface area contributed by atoms with Crippen LogP contribution in [0.1, 0.15) is 12.0 Å². The van der Waals surface area contributed by atoms with E-state index in [1.807, 2.05) is 19.2 Å². The van der Waals surface area contributed by atoms with Crippen LogP contribution in [0, 0.1) is 0 Å². The van der Waals surface area contributed by atoms with Gasteiger partial charge in [0.15, 0.2) is 0 Å². The van der Waals surface area contributed by atoms with Crippen LogP contribution in [0.3, 0.4) is 0 Å². The summed E-state index contributed by atoms with van der Waals surface area (Å²) in [6, 6.07) is 14.8. The Balaban J connectivity index is 1.99. The molecule has 1 amide bonds. The summed E-state index contributed by atoms with van der Waals surface area (Å²) in [5.41, 5.74) is 6.64. The van der Waals surface area contributed by atoms with Gasteiger partial charge in [0.2, 0.25) is 5.91 Å². The Morgan fingerprint density at radius 2 is 1.89 bits per heavy atom. The van der Waals surface area contributed by atoms with Gasteiger partial charge in [-0.1, -0.05) is 42.5 Å². The van der Waals surface area contributed by atoms with Gasteiger partial charge in [-0.3, -0.25) is 4.79 Å². The largest absolute Gasteiger partial charge is 0.345 e. The zero-order valence-corrected chi connectivity index (χ0v) is 11.3. The first-order chi connectivity index (χ1) is 9.20. The van der Waals surface area contributed by atoms with Crippen LogP contribution < -0.4 is 5.73 Å². The molecule has 0 aliphatic heterocycles. The van der Waals surface area contributed by atoms with E-state index in [1.54, 1.807) is 4.90 Å². The van der Waals surface area contributed by atoms with Gasteiger partial charge in [-0.2, -0.15) is 0 Å². The summed E-state index contributed by atoms with van der Waals surface area (Å²) >= 11 is 0. The molecule has 0 aromatic heterocycles. The van der Waals surface area contributed by atoms with Crippen molar-refractivity contribution in [2.24, 2.45) is 5.73 Å². The Hall–Kier alpha value is -1.87. The van der Waals surface area contributed by atoms with Crippen molar-refractivity contribution in [3.8, 4) is 0 Å². The van der Waals surface area contributed by atoms with Gasteiger partial charge in [-0.25, -0.2) is 0 Å². The molecule has 0 aliphatic carbocycles. The highest BCUT2D eigenvalue weighted by Crippen LogP contribution is 2.16. The highest BCUT2D eigenvalue weighted by molar-refractivity contribution is 5.83. The molecule has 2 rings (SSSR count). The Labute approximate surface area is 114 Å². The maximum Gasteiger partial charge on any atom is 0.223 e. The molecule has 0 radical (unpaired) electrons. The monoisotopic (exact) mass is 256 g/mol. The molecule has 0 heterocycles. The highest BCUT2D eigenvalue weighted by Gasteiger charge is 2.07. The molecular formula is C16H20N2O. The van der Waals surface area contributed by atoms with E-state index in [4.69, 9.17) is 5.73 Å². The number of benzene rings is 2. The van der Waals surface area contributed by atoms with Crippen molar-refractivity contribution in [2.75, 3.05) is 20.1 Å². The molecule has 2 aromatic rings. The predicted molar refractivity (Wildman–Crippen MR) is 79.0 cm³/mol. The van der Waals surface area contributed by atoms with Crippen molar-refractivity contribution < 1.29 is 4.79 Å². The maximum absolute atomic E-state index is 11.6. The molecule has 100 valence electrons. The van der Waals surface area contributed by atoms with Gasteiger partial charge in [0, 0.05) is 26.6 Å². The minimum atomic E-state index is 0.114. The number of likely N-dealkylation sites (N-methyl/N-ethyl adjacent to an activating group) is 1. The summed E-state index contributed by atoms with van der Waals surface area (Å²) in [6.45, 7) is 1.15. The minimum Gasteiger partial charge on any atom is -0.345 e. The van der Waals surface area contributed by atoms with E-state index in [0.29, 0.717) is 13.0 Å². The number of fused-ring (bicyclic) bond motifs is 1. The number of hydrogen-bond acceptors (Lipinski definition) is 2. The summed E-state index contributed by atoms with van der Waals surface area (Å²) < 4.78 is 0. The Morgan fingerprint density at radius 1 is 1.16 bits per heavy atom. The second kappa shape index (κ2) is 6.34. The van der Waals surface area contributed by atoms with Crippen LogP contribution in [-0.4, -0.2) is 30.9 Å². The van der Waals surface area contributed by atoms with Gasteiger partial charge in [0.25, 0.3) is 0 Å². The maximum atomic E-state index is 11.6. The van der Waals surface area contributed by atoms with Gasteiger partial charge in [-0.15, -0.1) is 0 Å². The van der Waals surface area contributed by atoms with E-state index in [1.165, 1.54) is 16.3 Å². The molecule has 0 bridgehead atoms. The summed E-state index contributed by atoms with van der Waals surface area (Å²) in [5.74, 6) is 0.114. The number of carbonyl (C=O) groups is 1. The molecule has 2 aromatic carbocycles. The van der Waals surface area contributed by atoms with Crippen molar-refractivity contribution in [1.82, 2.24) is 4.90 Å². The molecule has 0 unspecified atom stereocenters. The van der Waals surface area contributed by atoms with Crippen LogP contribution in [0.15, 0.2) is 42.5 Å². The van der Waals surface area contributed by atoms with Crippen molar-refractivity contribution in [3.05, 3.63) is 48.0 Å². The molecule has 0 aliphatic rings. The first kappa shape index (κ1) is 13.6. The van der Waals surface area contributed by atoms with Crippen molar-refractivity contribution in [1.29, 1.82) is 0 Å². The topological polar surface area (TPSA) is 46.3 Å². The molecule has 3 nitrogen and oxygen atoms in total. The fraction of sp³-hybridized carbons (Fsp3) is 0.312. The molecular weight excluding hydrogens is 236 g/mol. The third-order valence-electron chi connectivity index (χ3n) is 3.33. The standard InChI is InChI=1S/C16H20N2O/c1-18(16(19)8-10-17)11-9-13-6-7-14-4-2-3-5-15(14)12-13/h2-7,12H,8-11,17H2,1H3. The lowest BCUT2D eigenvalue weighted by atomic mass is 10.1. The summed E-state index contributed by atoms with van der Waals surface area (Å²) in [5, 5.41) is 2.50. The number of carbonyl (C=O) groups excluding carboxylic acids is 1. The van der Waals surface area contributed by atoms with Crippen LogP contribution in [-0.2, 0) is 11.2 Å². The Morgan fingerprint density at radius 3 is 2.63 bits per heavy atom. The Bertz CT molecular complexity index is 565. The SMILES string of the molecule is CN(CCc1ccc2ccccc2c1)C(=O)CCN. The van der Waals surface area contributed by atoms with Crippen molar-refractivity contribution >= 4 is 16.7 Å². The van der Waals surface area contributed by atoms with Crippen LogP contribution in [0.4, 0.5) is 0 Å². The molecule has 0 saturated carbocycles. The zero-order valence-electron chi connectivity index (χ0n) is 11.3. The third kappa shape index (κ3) is 3.55. The van der Waals surface area contributed by atoms with E-state index in [-0.39, 0.29) is 5.91 Å². The van der Waals surface area contributed by atoms with Crippen LogP contribution >= 0.6 is 0 Å². The molecule has 0 fully saturated rings. The van der Waals surface area contributed by atoms with Crippen LogP contribution in [0.5, 0.6) is 0 Å². The summed E-state index contributed by atoms with van der Waals surface area (Å²) in [7, 11) is 1.83. The molecule has 2 N–H and O–H groups in total. The first-order valence-electron chi connectivity index (χ1n) is 6.62. The van der Waals surface area contributed by atoms with Gasteiger partial charge in [-0.05, 0) is 22.8 Å². The van der Waals surface area contributed by atoms with Crippen molar-refractivity contribution in [3.63, 3.8) is 0 Å². The zero-order chi connectivity index (χ0) is 13.7. The first-order valence-corrected chi connectivity index (χ1v) is 6.62. The lowest BCUT2D eigenvalue weighted by molar-refractivity contribution is -0.129.